The van der Waals surface area contributed by atoms with Crippen LogP contribution >= 0.6 is 0 Å². The molecule has 0 spiro atoms. The molecule has 0 aliphatic heterocycles. The van der Waals surface area contributed by atoms with Gasteiger partial charge in [0.25, 0.3) is 0 Å². The summed E-state index contributed by atoms with van der Waals surface area (Å²) in [6, 6.07) is 0. The summed E-state index contributed by atoms with van der Waals surface area (Å²) in [6.45, 7) is 4.25. The molecule has 31 heavy (non-hydrogen) atoms. The molecular formula is C31H60. The largest absolute Gasteiger partial charge is 0.0917 e. The van der Waals surface area contributed by atoms with Crippen LogP contribution in [0.3, 0.4) is 0 Å². The lowest BCUT2D eigenvalue weighted by Gasteiger charge is -2.04. The van der Waals surface area contributed by atoms with Crippen molar-refractivity contribution in [3.05, 3.63) is 24.3 Å². The fourth-order valence-electron chi connectivity index (χ4n) is 4.57. The molecule has 0 atom stereocenters. The van der Waals surface area contributed by atoms with Crippen LogP contribution in [0.5, 0.6) is 0 Å². The van der Waals surface area contributed by atoms with Crippen LogP contribution in [0.1, 0.15) is 174 Å². The van der Waals surface area contributed by atoms with Crippen molar-refractivity contribution in [2.24, 2.45) is 0 Å². The van der Waals surface area contributed by atoms with E-state index in [1.807, 2.05) is 0 Å². The Hall–Kier alpha value is -0.520. The van der Waals surface area contributed by atoms with Gasteiger partial charge in [-0.05, 0) is 39.5 Å². The quantitative estimate of drug-likeness (QED) is 0.0941. The molecular weight excluding hydrogens is 372 g/mol. The van der Waals surface area contributed by atoms with Gasteiger partial charge < -0.3 is 0 Å². The first-order chi connectivity index (χ1) is 15.4. The summed E-state index contributed by atoms with van der Waals surface area (Å²) >= 11 is 0. The Morgan fingerprint density at radius 1 is 0.258 bits per heavy atom. The van der Waals surface area contributed by atoms with Crippen molar-refractivity contribution in [2.75, 3.05) is 0 Å². The highest BCUT2D eigenvalue weighted by atomic mass is 14.0. The van der Waals surface area contributed by atoms with Crippen molar-refractivity contribution in [1.82, 2.24) is 0 Å². The summed E-state index contributed by atoms with van der Waals surface area (Å²) in [5, 5.41) is 0. The maximum absolute atomic E-state index is 2.30. The molecule has 0 N–H and O–H groups in total. The topological polar surface area (TPSA) is 0 Å². The number of hydrogen-bond acceptors (Lipinski definition) is 0. The number of unbranched alkanes of at least 4 members (excludes halogenated alkanes) is 24. The van der Waals surface area contributed by atoms with Gasteiger partial charge in [-0.3, -0.25) is 0 Å². The first-order valence-corrected chi connectivity index (χ1v) is 14.6. The van der Waals surface area contributed by atoms with Gasteiger partial charge in [0.05, 0.1) is 0 Å². The molecule has 184 valence electrons. The van der Waals surface area contributed by atoms with E-state index in [1.54, 1.807) is 0 Å². The van der Waals surface area contributed by atoms with E-state index in [-0.39, 0.29) is 0 Å². The lowest BCUT2D eigenvalue weighted by molar-refractivity contribution is 0.517. The van der Waals surface area contributed by atoms with Crippen LogP contribution in [-0.4, -0.2) is 0 Å². The molecule has 0 amide bonds. The minimum absolute atomic E-state index is 1.29. The number of rotatable bonds is 26. The van der Waals surface area contributed by atoms with Crippen molar-refractivity contribution < 1.29 is 0 Å². The standard InChI is InChI=1S/C31H60/c1-3-5-7-9-11-13-15-17-19-21-23-25-27-29-31-30-28-26-24-22-20-18-16-14-12-10-8-6-4-2/h3-6H,7-31H2,1-2H3. The molecule has 0 radical (unpaired) electrons. The third-order valence-corrected chi connectivity index (χ3v) is 6.71. The molecule has 0 aliphatic rings. The third kappa shape index (κ3) is 29.5. The highest BCUT2D eigenvalue weighted by Gasteiger charge is 1.96. The average Bonchev–Trinajstić information content (AvgIpc) is 2.78. The van der Waals surface area contributed by atoms with Crippen LogP contribution in [0.2, 0.25) is 0 Å². The Morgan fingerprint density at radius 2 is 0.419 bits per heavy atom. The van der Waals surface area contributed by atoms with Gasteiger partial charge in [-0.15, -0.1) is 0 Å². The summed E-state index contributed by atoms with van der Waals surface area (Å²) in [5.41, 5.74) is 0. The summed E-state index contributed by atoms with van der Waals surface area (Å²) in [6.07, 6.45) is 45.3. The van der Waals surface area contributed by atoms with E-state index in [0.29, 0.717) is 0 Å². The van der Waals surface area contributed by atoms with E-state index in [0.717, 1.165) is 0 Å². The second-order valence-electron chi connectivity index (χ2n) is 9.85. The molecule has 0 heteroatoms. The van der Waals surface area contributed by atoms with E-state index in [4.69, 9.17) is 0 Å². The predicted molar refractivity (Wildman–Crippen MR) is 145 cm³/mol. The molecule has 0 heterocycles. The van der Waals surface area contributed by atoms with Crippen molar-refractivity contribution in [3.63, 3.8) is 0 Å². The maximum Gasteiger partial charge on any atom is -0.0351 e. The van der Waals surface area contributed by atoms with E-state index < -0.39 is 0 Å². The van der Waals surface area contributed by atoms with Gasteiger partial charge in [-0.1, -0.05) is 159 Å². The second-order valence-corrected chi connectivity index (χ2v) is 9.85. The predicted octanol–water partition coefficient (Wildman–Crippen LogP) is 11.9. The number of allylic oxidation sites excluding steroid dienone is 4. The zero-order valence-electron chi connectivity index (χ0n) is 22.0. The monoisotopic (exact) mass is 432 g/mol. The van der Waals surface area contributed by atoms with Crippen LogP contribution < -0.4 is 0 Å². The Bertz CT molecular complexity index is 317. The SMILES string of the molecule is CC=CCCCCCCCCCCCCCCCCCCCCCCCCCC=CC. The normalized spacial score (nSPS) is 11.9. The van der Waals surface area contributed by atoms with Crippen LogP contribution in [0, 0.1) is 0 Å². The summed E-state index contributed by atoms with van der Waals surface area (Å²) in [5.74, 6) is 0. The highest BCUT2D eigenvalue weighted by molar-refractivity contribution is 4.76. The number of hydrogen-bond donors (Lipinski definition) is 0. The summed E-state index contributed by atoms with van der Waals surface area (Å²) in [4.78, 5) is 0. The van der Waals surface area contributed by atoms with Gasteiger partial charge in [0.1, 0.15) is 0 Å². The van der Waals surface area contributed by atoms with Crippen molar-refractivity contribution in [1.29, 1.82) is 0 Å². The lowest BCUT2D eigenvalue weighted by atomic mass is 10.0. The first kappa shape index (κ1) is 30.5. The van der Waals surface area contributed by atoms with Gasteiger partial charge in [-0.25, -0.2) is 0 Å². The molecule has 0 saturated carbocycles. The zero-order valence-corrected chi connectivity index (χ0v) is 22.0. The fourth-order valence-corrected chi connectivity index (χ4v) is 4.57. The molecule has 0 rings (SSSR count). The lowest BCUT2D eigenvalue weighted by Crippen LogP contribution is -1.84. The minimum atomic E-state index is 1.29. The van der Waals surface area contributed by atoms with E-state index in [2.05, 4.69) is 38.2 Å². The summed E-state index contributed by atoms with van der Waals surface area (Å²) in [7, 11) is 0. The van der Waals surface area contributed by atoms with Crippen molar-refractivity contribution in [2.45, 2.75) is 174 Å². The average molecular weight is 433 g/mol. The van der Waals surface area contributed by atoms with E-state index in [1.165, 1.54) is 161 Å². The molecule has 0 aromatic rings. The smallest absolute Gasteiger partial charge is 0.0351 e. The molecule has 0 aliphatic carbocycles. The van der Waals surface area contributed by atoms with Crippen molar-refractivity contribution >= 4 is 0 Å². The second kappa shape index (κ2) is 29.5. The van der Waals surface area contributed by atoms with Gasteiger partial charge in [0, 0.05) is 0 Å². The van der Waals surface area contributed by atoms with Gasteiger partial charge in [0.2, 0.25) is 0 Å². The Balaban J connectivity index is 3.00. The molecule has 0 aromatic heterocycles. The maximum atomic E-state index is 2.30. The Morgan fingerprint density at radius 3 is 0.581 bits per heavy atom. The molecule has 0 aromatic carbocycles. The zero-order chi connectivity index (χ0) is 22.5. The van der Waals surface area contributed by atoms with Crippen LogP contribution in [0.15, 0.2) is 24.3 Å². The van der Waals surface area contributed by atoms with Gasteiger partial charge in [0.15, 0.2) is 0 Å². The minimum Gasteiger partial charge on any atom is -0.0917 e. The fraction of sp³-hybridized carbons (Fsp3) is 0.871. The van der Waals surface area contributed by atoms with Gasteiger partial charge >= 0.3 is 0 Å². The first-order valence-electron chi connectivity index (χ1n) is 14.6. The Kier molecular flexibility index (Phi) is 29.0. The molecule has 0 bridgehead atoms. The van der Waals surface area contributed by atoms with E-state index >= 15 is 0 Å². The van der Waals surface area contributed by atoms with Crippen LogP contribution in [0.4, 0.5) is 0 Å². The van der Waals surface area contributed by atoms with Crippen molar-refractivity contribution in [3.8, 4) is 0 Å². The Labute approximate surface area is 198 Å². The summed E-state index contributed by atoms with van der Waals surface area (Å²) < 4.78 is 0. The van der Waals surface area contributed by atoms with E-state index in [9.17, 15) is 0 Å². The molecule has 0 unspecified atom stereocenters. The van der Waals surface area contributed by atoms with Crippen LogP contribution in [0.25, 0.3) is 0 Å². The molecule has 0 nitrogen and oxygen atoms in total. The van der Waals surface area contributed by atoms with Crippen LogP contribution in [-0.2, 0) is 0 Å². The highest BCUT2D eigenvalue weighted by Crippen LogP contribution is 2.15. The van der Waals surface area contributed by atoms with Gasteiger partial charge in [-0.2, -0.15) is 0 Å². The molecule has 0 fully saturated rings. The third-order valence-electron chi connectivity index (χ3n) is 6.71. The molecule has 0 saturated heterocycles.